The van der Waals surface area contributed by atoms with E-state index in [0.29, 0.717) is 0 Å². The predicted molar refractivity (Wildman–Crippen MR) is 34.5 cm³/mol. The Labute approximate surface area is 58.7 Å². The van der Waals surface area contributed by atoms with Crippen molar-refractivity contribution in [3.63, 3.8) is 0 Å². The third-order valence-corrected chi connectivity index (χ3v) is 2.09. The lowest BCUT2D eigenvalue weighted by atomic mass is 9.77. The molecule has 0 aliphatic heterocycles. The molecule has 0 spiro atoms. The lowest BCUT2D eigenvalue weighted by Crippen LogP contribution is -2.48. The maximum Gasteiger partial charge on any atom is 0.248 e. The Morgan fingerprint density at radius 2 is 2.10 bits per heavy atom. The average molecular weight is 150 g/mol. The molecule has 1 fully saturated rings. The van der Waals surface area contributed by atoms with Gasteiger partial charge in [-0.1, -0.05) is 0 Å². The van der Waals surface area contributed by atoms with Crippen molar-refractivity contribution < 1.29 is 8.78 Å². The Bertz CT molecular complexity index is 119. The number of hydrogen-bond acceptors (Lipinski definition) is 2. The molecule has 3 N–H and O–H groups in total. The molecule has 0 amide bonds. The van der Waals surface area contributed by atoms with Crippen molar-refractivity contribution in [1.29, 1.82) is 0 Å². The number of nitrogens with one attached hydrogen (secondary N) is 1. The minimum Gasteiger partial charge on any atom is -0.271 e. The van der Waals surface area contributed by atoms with Gasteiger partial charge in [0.1, 0.15) is 0 Å². The molecule has 0 heterocycles. The third kappa shape index (κ3) is 1.44. The van der Waals surface area contributed by atoms with Gasteiger partial charge in [-0.15, -0.1) is 0 Å². The van der Waals surface area contributed by atoms with Gasteiger partial charge in [0.15, 0.2) is 0 Å². The third-order valence-electron chi connectivity index (χ3n) is 2.09. The Kier molecular flexibility index (Phi) is 1.92. The summed E-state index contributed by atoms with van der Waals surface area (Å²) in [5.41, 5.74) is 2.47. The Balaban J connectivity index is 2.26. The molecule has 4 heteroatoms. The highest BCUT2D eigenvalue weighted by molar-refractivity contribution is 4.90. The molecule has 0 radical (unpaired) electrons. The van der Waals surface area contributed by atoms with Crippen LogP contribution in [0.25, 0.3) is 0 Å². The summed E-state index contributed by atoms with van der Waals surface area (Å²) in [7, 11) is 0. The van der Waals surface area contributed by atoms with E-state index in [1.54, 1.807) is 0 Å². The number of alkyl halides is 2. The largest absolute Gasteiger partial charge is 0.271 e. The van der Waals surface area contributed by atoms with Crippen LogP contribution in [0.3, 0.4) is 0 Å². The zero-order chi connectivity index (χ0) is 7.78. The minimum absolute atomic E-state index is 0.0135. The number of hydrazine groups is 1. The van der Waals surface area contributed by atoms with Gasteiger partial charge >= 0.3 is 0 Å². The molecule has 0 aromatic rings. The van der Waals surface area contributed by atoms with Gasteiger partial charge in [0.2, 0.25) is 5.92 Å². The number of hydrogen-bond donors (Lipinski definition) is 2. The fourth-order valence-corrected chi connectivity index (χ4v) is 1.20. The predicted octanol–water partition coefficient (Wildman–Crippen LogP) is 0.884. The maximum absolute atomic E-state index is 12.2. The van der Waals surface area contributed by atoms with Crippen molar-refractivity contribution in [1.82, 2.24) is 5.43 Å². The molecule has 1 saturated carbocycles. The molecule has 1 atom stereocenters. The first-order valence-electron chi connectivity index (χ1n) is 3.39. The first-order chi connectivity index (χ1) is 4.55. The van der Waals surface area contributed by atoms with Crippen LogP contribution in [0.4, 0.5) is 8.78 Å². The second-order valence-corrected chi connectivity index (χ2v) is 2.98. The van der Waals surface area contributed by atoms with Crippen LogP contribution in [0.2, 0.25) is 0 Å². The molecular weight excluding hydrogens is 138 g/mol. The van der Waals surface area contributed by atoms with Crippen LogP contribution in [0, 0.1) is 5.92 Å². The smallest absolute Gasteiger partial charge is 0.248 e. The first kappa shape index (κ1) is 7.88. The standard InChI is InChI=1S/C6H12F2N2/c1-4(10-9)5-2-6(7,8)3-5/h4-5,10H,2-3,9H2,1H3. The van der Waals surface area contributed by atoms with Crippen LogP contribution < -0.4 is 11.3 Å². The second-order valence-electron chi connectivity index (χ2n) is 2.98. The van der Waals surface area contributed by atoms with Crippen LogP contribution in [0.1, 0.15) is 19.8 Å². The van der Waals surface area contributed by atoms with E-state index in [1.165, 1.54) is 0 Å². The highest BCUT2D eigenvalue weighted by Gasteiger charge is 2.46. The fourth-order valence-electron chi connectivity index (χ4n) is 1.20. The van der Waals surface area contributed by atoms with Crippen molar-refractivity contribution in [2.24, 2.45) is 11.8 Å². The SMILES string of the molecule is CC(NN)C1CC(F)(F)C1. The van der Waals surface area contributed by atoms with Crippen molar-refractivity contribution in [3.05, 3.63) is 0 Å². The van der Waals surface area contributed by atoms with Gasteiger partial charge in [0, 0.05) is 18.9 Å². The summed E-state index contributed by atoms with van der Waals surface area (Å²) in [6.07, 6.45) is -0.0310. The summed E-state index contributed by atoms with van der Waals surface area (Å²) in [4.78, 5) is 0. The van der Waals surface area contributed by atoms with Gasteiger partial charge < -0.3 is 0 Å². The van der Waals surface area contributed by atoms with E-state index >= 15 is 0 Å². The lowest BCUT2D eigenvalue weighted by molar-refractivity contribution is -0.117. The van der Waals surface area contributed by atoms with E-state index in [0.717, 1.165) is 0 Å². The molecule has 0 aromatic heterocycles. The molecule has 1 aliphatic rings. The molecule has 0 aromatic carbocycles. The van der Waals surface area contributed by atoms with Crippen molar-refractivity contribution in [2.75, 3.05) is 0 Å². The van der Waals surface area contributed by atoms with E-state index < -0.39 is 5.92 Å². The molecule has 1 unspecified atom stereocenters. The molecular formula is C6H12F2N2. The zero-order valence-electron chi connectivity index (χ0n) is 5.90. The van der Waals surface area contributed by atoms with E-state index in [9.17, 15) is 8.78 Å². The zero-order valence-corrected chi connectivity index (χ0v) is 5.90. The second kappa shape index (κ2) is 2.43. The Morgan fingerprint density at radius 3 is 2.40 bits per heavy atom. The van der Waals surface area contributed by atoms with Crippen LogP contribution in [0.15, 0.2) is 0 Å². The summed E-state index contributed by atoms with van der Waals surface area (Å²) < 4.78 is 24.4. The molecule has 0 saturated heterocycles. The highest BCUT2D eigenvalue weighted by atomic mass is 19.3. The molecule has 1 rings (SSSR count). The Morgan fingerprint density at radius 1 is 1.60 bits per heavy atom. The van der Waals surface area contributed by atoms with Gasteiger partial charge in [0.25, 0.3) is 0 Å². The van der Waals surface area contributed by atoms with Crippen LogP contribution >= 0.6 is 0 Å². The number of rotatable bonds is 2. The minimum atomic E-state index is -2.42. The molecule has 2 nitrogen and oxygen atoms in total. The molecule has 10 heavy (non-hydrogen) atoms. The van der Waals surface area contributed by atoms with Crippen molar-refractivity contribution in [3.8, 4) is 0 Å². The van der Waals surface area contributed by atoms with Gasteiger partial charge in [0.05, 0.1) is 0 Å². The first-order valence-corrected chi connectivity index (χ1v) is 3.39. The summed E-state index contributed by atoms with van der Waals surface area (Å²) in [6.45, 7) is 1.82. The summed E-state index contributed by atoms with van der Waals surface area (Å²) in [6, 6.07) is 0.0135. The lowest BCUT2D eigenvalue weighted by Gasteiger charge is -2.38. The summed E-state index contributed by atoms with van der Waals surface area (Å²) >= 11 is 0. The van der Waals surface area contributed by atoms with Gasteiger partial charge in [-0.2, -0.15) is 0 Å². The van der Waals surface area contributed by atoms with Crippen LogP contribution in [-0.2, 0) is 0 Å². The Hall–Kier alpha value is -0.220. The maximum atomic E-state index is 12.2. The molecule has 0 bridgehead atoms. The number of halogens is 2. The number of nitrogens with two attached hydrogens (primary N) is 1. The summed E-state index contributed by atoms with van der Waals surface area (Å²) in [5.74, 6) is 2.71. The summed E-state index contributed by atoms with van der Waals surface area (Å²) in [5, 5.41) is 0. The van der Waals surface area contributed by atoms with E-state index in [4.69, 9.17) is 5.84 Å². The quantitative estimate of drug-likeness (QED) is 0.453. The normalized spacial score (nSPS) is 27.6. The van der Waals surface area contributed by atoms with Gasteiger partial charge in [-0.3, -0.25) is 11.3 Å². The fraction of sp³-hybridized carbons (Fsp3) is 1.00. The van der Waals surface area contributed by atoms with Crippen LogP contribution in [0.5, 0.6) is 0 Å². The van der Waals surface area contributed by atoms with E-state index in [1.807, 2.05) is 6.92 Å². The average Bonchev–Trinajstić information content (AvgIpc) is 1.81. The van der Waals surface area contributed by atoms with Crippen LogP contribution in [-0.4, -0.2) is 12.0 Å². The molecule has 1 aliphatic carbocycles. The van der Waals surface area contributed by atoms with Gasteiger partial charge in [-0.05, 0) is 12.8 Å². The molecule has 60 valence electrons. The van der Waals surface area contributed by atoms with Gasteiger partial charge in [-0.25, -0.2) is 8.78 Å². The monoisotopic (exact) mass is 150 g/mol. The van der Waals surface area contributed by atoms with E-state index in [-0.39, 0.29) is 24.8 Å². The highest BCUT2D eigenvalue weighted by Crippen LogP contribution is 2.43. The van der Waals surface area contributed by atoms with Crippen molar-refractivity contribution in [2.45, 2.75) is 31.7 Å². The van der Waals surface area contributed by atoms with Crippen molar-refractivity contribution >= 4 is 0 Å². The van der Waals surface area contributed by atoms with E-state index in [2.05, 4.69) is 5.43 Å². The topological polar surface area (TPSA) is 38.0 Å².